The molecule has 0 spiro atoms. The van der Waals surface area contributed by atoms with E-state index in [-0.39, 0.29) is 37.8 Å². The van der Waals surface area contributed by atoms with Gasteiger partial charge in [-0.1, -0.05) is 0 Å². The highest BCUT2D eigenvalue weighted by Crippen LogP contribution is 2.30. The van der Waals surface area contributed by atoms with Gasteiger partial charge in [0.1, 0.15) is 18.0 Å². The number of alkyl halides is 2. The molecule has 2 aliphatic heterocycles. The Morgan fingerprint density at radius 2 is 1.96 bits per heavy atom. The first kappa shape index (κ1) is 17.8. The number of amides is 1. The Labute approximate surface area is 146 Å². The number of piperidine rings is 2. The van der Waals surface area contributed by atoms with E-state index in [1.165, 1.54) is 6.33 Å². The summed E-state index contributed by atoms with van der Waals surface area (Å²) in [6, 6.07) is 1.91. The molecule has 1 amide bonds. The molecule has 0 aromatic carbocycles. The zero-order valence-corrected chi connectivity index (χ0v) is 14.8. The molecule has 138 valence electrons. The minimum absolute atomic E-state index is 0.00193. The van der Waals surface area contributed by atoms with Crippen LogP contribution in [0, 0.1) is 5.92 Å². The molecule has 2 aliphatic rings. The van der Waals surface area contributed by atoms with E-state index in [1.807, 2.05) is 25.1 Å². The van der Waals surface area contributed by atoms with Crippen LogP contribution in [0.2, 0.25) is 0 Å². The van der Waals surface area contributed by atoms with Gasteiger partial charge in [0.25, 0.3) is 5.92 Å². The second kappa shape index (κ2) is 7.09. The minimum Gasteiger partial charge on any atom is -0.363 e. The highest BCUT2D eigenvalue weighted by atomic mass is 19.3. The Bertz CT molecular complexity index is 615. The standard InChI is InChI=1S/C17H25F2N5O/c1-22(2)14-10-15(21-12-20-14)24-7-3-4-13(11-24)16(25)23-8-5-17(18,19)6-9-23/h10,12-13H,3-9,11H2,1-2H3. The van der Waals surface area contributed by atoms with Crippen LogP contribution in [0.4, 0.5) is 20.4 Å². The summed E-state index contributed by atoms with van der Waals surface area (Å²) in [4.78, 5) is 26.9. The van der Waals surface area contributed by atoms with Crippen LogP contribution in [0.1, 0.15) is 25.7 Å². The fourth-order valence-electron chi connectivity index (χ4n) is 3.45. The van der Waals surface area contributed by atoms with Crippen LogP contribution < -0.4 is 9.80 Å². The minimum atomic E-state index is -2.63. The molecule has 2 fully saturated rings. The Kier molecular flexibility index (Phi) is 5.06. The summed E-state index contributed by atoms with van der Waals surface area (Å²) in [5, 5.41) is 0. The lowest BCUT2D eigenvalue weighted by molar-refractivity contribution is -0.141. The van der Waals surface area contributed by atoms with Gasteiger partial charge in [0.15, 0.2) is 0 Å². The fourth-order valence-corrected chi connectivity index (χ4v) is 3.45. The fraction of sp³-hybridized carbons (Fsp3) is 0.706. The summed E-state index contributed by atoms with van der Waals surface area (Å²) >= 11 is 0. The van der Waals surface area contributed by atoms with Gasteiger partial charge in [0, 0.05) is 59.2 Å². The molecular formula is C17H25F2N5O. The van der Waals surface area contributed by atoms with Gasteiger partial charge in [0.05, 0.1) is 5.92 Å². The van der Waals surface area contributed by atoms with Gasteiger partial charge >= 0.3 is 0 Å². The molecule has 1 atom stereocenters. The molecule has 3 heterocycles. The van der Waals surface area contributed by atoms with Crippen molar-refractivity contribution in [3.05, 3.63) is 12.4 Å². The second-order valence-corrected chi connectivity index (χ2v) is 7.10. The normalized spacial score (nSPS) is 23.4. The van der Waals surface area contributed by atoms with E-state index in [2.05, 4.69) is 14.9 Å². The zero-order chi connectivity index (χ0) is 18.0. The van der Waals surface area contributed by atoms with E-state index in [1.54, 1.807) is 4.90 Å². The van der Waals surface area contributed by atoms with Crippen molar-refractivity contribution in [2.75, 3.05) is 50.1 Å². The quantitative estimate of drug-likeness (QED) is 0.832. The molecule has 0 radical (unpaired) electrons. The van der Waals surface area contributed by atoms with Crippen molar-refractivity contribution in [1.29, 1.82) is 0 Å². The molecule has 1 aromatic rings. The zero-order valence-electron chi connectivity index (χ0n) is 14.8. The third kappa shape index (κ3) is 4.16. The molecule has 1 aromatic heterocycles. The number of rotatable bonds is 3. The molecule has 0 bridgehead atoms. The number of hydrogen-bond acceptors (Lipinski definition) is 5. The molecule has 25 heavy (non-hydrogen) atoms. The second-order valence-electron chi connectivity index (χ2n) is 7.10. The number of carbonyl (C=O) groups excluding carboxylic acids is 1. The van der Waals surface area contributed by atoms with E-state index in [0.29, 0.717) is 6.54 Å². The molecule has 2 saturated heterocycles. The van der Waals surface area contributed by atoms with Crippen LogP contribution >= 0.6 is 0 Å². The number of hydrogen-bond donors (Lipinski definition) is 0. The maximum Gasteiger partial charge on any atom is 0.251 e. The summed E-state index contributed by atoms with van der Waals surface area (Å²) < 4.78 is 26.6. The largest absolute Gasteiger partial charge is 0.363 e. The Balaban J connectivity index is 1.65. The number of aromatic nitrogens is 2. The van der Waals surface area contributed by atoms with Gasteiger partial charge in [-0.25, -0.2) is 18.7 Å². The summed E-state index contributed by atoms with van der Waals surface area (Å²) in [7, 11) is 3.83. The van der Waals surface area contributed by atoms with Crippen LogP contribution in [-0.2, 0) is 4.79 Å². The van der Waals surface area contributed by atoms with Gasteiger partial charge in [0.2, 0.25) is 5.91 Å². The van der Waals surface area contributed by atoms with E-state index >= 15 is 0 Å². The third-order valence-electron chi connectivity index (χ3n) is 5.00. The van der Waals surface area contributed by atoms with Gasteiger partial charge in [-0.2, -0.15) is 0 Å². The predicted octanol–water partition coefficient (Wildman–Crippen LogP) is 2.02. The first-order valence-corrected chi connectivity index (χ1v) is 8.77. The highest BCUT2D eigenvalue weighted by Gasteiger charge is 2.38. The van der Waals surface area contributed by atoms with Crippen LogP contribution in [0.25, 0.3) is 0 Å². The summed E-state index contributed by atoms with van der Waals surface area (Å²) in [6.45, 7) is 1.72. The first-order valence-electron chi connectivity index (χ1n) is 8.77. The van der Waals surface area contributed by atoms with Crippen molar-refractivity contribution in [1.82, 2.24) is 14.9 Å². The van der Waals surface area contributed by atoms with Crippen molar-refractivity contribution in [3.8, 4) is 0 Å². The van der Waals surface area contributed by atoms with Crippen LogP contribution in [0.15, 0.2) is 12.4 Å². The summed E-state index contributed by atoms with van der Waals surface area (Å²) in [5.74, 6) is -1.16. The smallest absolute Gasteiger partial charge is 0.251 e. The van der Waals surface area contributed by atoms with E-state index in [0.717, 1.165) is 31.0 Å². The van der Waals surface area contributed by atoms with Gasteiger partial charge in [-0.15, -0.1) is 0 Å². The average Bonchev–Trinajstić information content (AvgIpc) is 2.61. The molecule has 3 rings (SSSR count). The van der Waals surface area contributed by atoms with Crippen LogP contribution in [-0.4, -0.2) is 67.0 Å². The molecule has 1 unspecified atom stereocenters. The maximum atomic E-state index is 13.3. The molecule has 0 saturated carbocycles. The van der Waals surface area contributed by atoms with Crippen LogP contribution in [0.5, 0.6) is 0 Å². The lowest BCUT2D eigenvalue weighted by atomic mass is 9.95. The number of halogens is 2. The van der Waals surface area contributed by atoms with E-state index in [4.69, 9.17) is 0 Å². The molecule has 0 N–H and O–H groups in total. The van der Waals surface area contributed by atoms with E-state index in [9.17, 15) is 13.6 Å². The lowest BCUT2D eigenvalue weighted by Gasteiger charge is -2.38. The SMILES string of the molecule is CN(C)c1cc(N2CCCC(C(=O)N3CCC(F)(F)CC3)C2)ncn1. The number of anilines is 2. The Morgan fingerprint density at radius 3 is 2.64 bits per heavy atom. The van der Waals surface area contributed by atoms with Crippen molar-refractivity contribution in [2.45, 2.75) is 31.6 Å². The predicted molar refractivity (Wildman–Crippen MR) is 92.1 cm³/mol. The summed E-state index contributed by atoms with van der Waals surface area (Å²) in [6.07, 6.45) is 2.76. The Hall–Kier alpha value is -1.99. The molecule has 6 nitrogen and oxygen atoms in total. The first-order chi connectivity index (χ1) is 11.9. The Morgan fingerprint density at radius 1 is 1.24 bits per heavy atom. The molecular weight excluding hydrogens is 328 g/mol. The maximum absolute atomic E-state index is 13.3. The van der Waals surface area contributed by atoms with Crippen molar-refractivity contribution in [3.63, 3.8) is 0 Å². The number of likely N-dealkylation sites (tertiary alicyclic amines) is 1. The highest BCUT2D eigenvalue weighted by molar-refractivity contribution is 5.80. The number of nitrogens with zero attached hydrogens (tertiary/aromatic N) is 5. The topological polar surface area (TPSA) is 52.6 Å². The monoisotopic (exact) mass is 353 g/mol. The average molecular weight is 353 g/mol. The summed E-state index contributed by atoms with van der Waals surface area (Å²) in [5.41, 5.74) is 0. The molecule has 0 aliphatic carbocycles. The van der Waals surface area contributed by atoms with Gasteiger partial charge in [-0.05, 0) is 12.8 Å². The number of carbonyl (C=O) groups is 1. The van der Waals surface area contributed by atoms with Crippen LogP contribution in [0.3, 0.4) is 0 Å². The van der Waals surface area contributed by atoms with Gasteiger partial charge in [-0.3, -0.25) is 4.79 Å². The van der Waals surface area contributed by atoms with Crippen molar-refractivity contribution >= 4 is 17.5 Å². The third-order valence-corrected chi connectivity index (χ3v) is 5.00. The van der Waals surface area contributed by atoms with Crippen molar-refractivity contribution in [2.24, 2.45) is 5.92 Å². The lowest BCUT2D eigenvalue weighted by Crippen LogP contribution is -2.49. The van der Waals surface area contributed by atoms with Crippen molar-refractivity contribution < 1.29 is 13.6 Å². The molecule has 8 heteroatoms. The van der Waals surface area contributed by atoms with E-state index < -0.39 is 5.92 Å². The van der Waals surface area contributed by atoms with Gasteiger partial charge < -0.3 is 14.7 Å².